The molecule has 0 atom stereocenters. The molecule has 5 heteroatoms. The van der Waals surface area contributed by atoms with Gasteiger partial charge in [0, 0.05) is 85.0 Å². The molecule has 0 radical (unpaired) electrons. The minimum Gasteiger partial charge on any atom is -0.456 e. The number of nitrogens with zero attached hydrogens (tertiary/aromatic N) is 2. The summed E-state index contributed by atoms with van der Waals surface area (Å²) in [6.45, 7) is 4.31. The predicted molar refractivity (Wildman–Crippen MR) is 324 cm³/mol. The first-order valence-electron chi connectivity index (χ1n) is 25.5. The van der Waals surface area contributed by atoms with Crippen LogP contribution in [0, 0.1) is 13.8 Å². The van der Waals surface area contributed by atoms with E-state index in [1.54, 1.807) is 0 Å². The summed E-state index contributed by atoms with van der Waals surface area (Å²) < 4.78 is 12.0. The molecule has 0 saturated carbocycles. The van der Waals surface area contributed by atoms with Crippen molar-refractivity contribution in [3.63, 3.8) is 0 Å². The van der Waals surface area contributed by atoms with Crippen LogP contribution in [0.15, 0.2) is 247 Å². The highest BCUT2D eigenvalue weighted by Gasteiger charge is 2.26. The highest BCUT2D eigenvalue weighted by Crippen LogP contribution is 2.52. The molecule has 0 bridgehead atoms. The molecule has 0 aliphatic carbocycles. The molecule has 0 aliphatic rings. The molecule has 0 saturated heterocycles. The molecule has 15 rings (SSSR count). The van der Waals surface area contributed by atoms with Crippen molar-refractivity contribution in [1.29, 1.82) is 0 Å². The van der Waals surface area contributed by atoms with Crippen LogP contribution in [0.25, 0.3) is 106 Å². The number of thiophene rings is 2. The first-order valence-corrected chi connectivity index (χ1v) is 27.2. The number of hydrogen-bond acceptors (Lipinski definition) is 5. The second kappa shape index (κ2) is 17.3. The molecule has 3 aromatic heterocycles. The molecule has 0 fully saturated rings. The molecule has 75 heavy (non-hydrogen) atoms. The predicted octanol–water partition coefficient (Wildman–Crippen LogP) is 21.5. The van der Waals surface area contributed by atoms with E-state index < -0.39 is 0 Å². The lowest BCUT2D eigenvalue weighted by Crippen LogP contribution is -2.12. The van der Waals surface area contributed by atoms with E-state index in [1.165, 1.54) is 85.1 Å². The van der Waals surface area contributed by atoms with Gasteiger partial charge in [0.05, 0.1) is 11.4 Å². The molecule has 3 nitrogen and oxygen atoms in total. The van der Waals surface area contributed by atoms with E-state index >= 15 is 0 Å². The molecule has 0 N–H and O–H groups in total. The quantitative estimate of drug-likeness (QED) is 0.151. The summed E-state index contributed by atoms with van der Waals surface area (Å²) >= 11 is 3.71. The number of fused-ring (bicyclic) bond motifs is 11. The van der Waals surface area contributed by atoms with Crippen molar-refractivity contribution in [2.24, 2.45) is 0 Å². The SMILES string of the molecule is Cc1ccc(N(c2ccc3cc4c(cc3c2)oc2cc3cc(N(c5ccc(C)cc5)c5c(-c6ccccc6)ccc6sc7ccccc7c56)ccc3cc24)c2c(-c3ccccc3)ccc3sc4ccccc4c23)cc1. The maximum Gasteiger partial charge on any atom is 0.136 e. The lowest BCUT2D eigenvalue weighted by molar-refractivity contribution is 0.670. The molecule has 0 amide bonds. The number of furan rings is 1. The summed E-state index contributed by atoms with van der Waals surface area (Å²) in [6.07, 6.45) is 0. The average molecular weight is 995 g/mol. The van der Waals surface area contributed by atoms with Gasteiger partial charge in [0.25, 0.3) is 0 Å². The van der Waals surface area contributed by atoms with E-state index in [4.69, 9.17) is 4.42 Å². The molecule has 15 aromatic rings. The maximum absolute atomic E-state index is 6.95. The van der Waals surface area contributed by atoms with Crippen LogP contribution in [0.3, 0.4) is 0 Å². The molecule has 0 spiro atoms. The fraction of sp³-hybridized carbons (Fsp3) is 0.0286. The van der Waals surface area contributed by atoms with Gasteiger partial charge in [0.15, 0.2) is 0 Å². The zero-order chi connectivity index (χ0) is 49.7. The summed E-state index contributed by atoms with van der Waals surface area (Å²) in [7, 11) is 0. The molecular formula is C70H46N2OS2. The van der Waals surface area contributed by atoms with E-state index in [2.05, 4.69) is 266 Å². The highest BCUT2D eigenvalue weighted by atomic mass is 32.1. The van der Waals surface area contributed by atoms with Gasteiger partial charge >= 0.3 is 0 Å². The van der Waals surface area contributed by atoms with E-state index in [-0.39, 0.29) is 0 Å². The zero-order valence-corrected chi connectivity index (χ0v) is 42.8. The van der Waals surface area contributed by atoms with Gasteiger partial charge in [-0.3, -0.25) is 0 Å². The van der Waals surface area contributed by atoms with Crippen molar-refractivity contribution in [3.05, 3.63) is 254 Å². The van der Waals surface area contributed by atoms with Crippen molar-refractivity contribution in [1.82, 2.24) is 0 Å². The summed E-state index contributed by atoms with van der Waals surface area (Å²) in [5.74, 6) is 0. The Balaban J connectivity index is 0.903. The number of anilines is 6. The third kappa shape index (κ3) is 7.22. The Labute approximate surface area is 442 Å². The van der Waals surface area contributed by atoms with Crippen molar-refractivity contribution in [2.45, 2.75) is 13.8 Å². The van der Waals surface area contributed by atoms with Gasteiger partial charge in [-0.2, -0.15) is 0 Å². The summed E-state index contributed by atoms with van der Waals surface area (Å²) in [5.41, 5.74) is 15.6. The van der Waals surface area contributed by atoms with Crippen LogP contribution in [-0.2, 0) is 0 Å². The highest BCUT2D eigenvalue weighted by molar-refractivity contribution is 7.26. The molecule has 354 valence electrons. The number of benzene rings is 12. The van der Waals surface area contributed by atoms with Gasteiger partial charge in [0.2, 0.25) is 0 Å². The standard InChI is InChI=1S/C70H46N2OS2/c1-43-21-27-51(28-22-43)71(69-55(45-13-5-3-6-14-45)33-35-65-67(69)57-17-9-11-19-63(57)74-65)53-31-25-47-39-59-60-40-48-26-32-54(38-50(48)42-62(60)73-61(59)41-49(47)37-53)72(52-29-23-44(2)24-30-52)70-56(46-15-7-4-8-16-46)34-36-66-68(70)58-18-10-12-20-64(58)75-66/h3-42H,1-2H3. The Bertz CT molecular complexity index is 4420. The van der Waals surface area contributed by atoms with Crippen molar-refractivity contribution in [2.75, 3.05) is 9.80 Å². The van der Waals surface area contributed by atoms with Crippen molar-refractivity contribution >= 4 is 141 Å². The van der Waals surface area contributed by atoms with Crippen LogP contribution >= 0.6 is 22.7 Å². The Hall–Kier alpha value is -9.00. The third-order valence-electron chi connectivity index (χ3n) is 15.1. The minimum atomic E-state index is 0.868. The van der Waals surface area contributed by atoms with Gasteiger partial charge in [-0.05, 0) is 144 Å². The number of aryl methyl sites for hydroxylation is 2. The van der Waals surface area contributed by atoms with E-state index in [0.29, 0.717) is 0 Å². The monoisotopic (exact) mass is 994 g/mol. The van der Waals surface area contributed by atoms with Gasteiger partial charge in [-0.15, -0.1) is 22.7 Å². The second-order valence-electron chi connectivity index (χ2n) is 19.8. The van der Waals surface area contributed by atoms with Gasteiger partial charge < -0.3 is 14.2 Å². The van der Waals surface area contributed by atoms with Crippen LogP contribution in [-0.4, -0.2) is 0 Å². The molecule has 0 unspecified atom stereocenters. The fourth-order valence-electron chi connectivity index (χ4n) is 11.5. The van der Waals surface area contributed by atoms with Gasteiger partial charge in [-0.1, -0.05) is 157 Å². The van der Waals surface area contributed by atoms with E-state index in [1.807, 2.05) is 22.7 Å². The Morgan fingerprint density at radius 2 is 0.707 bits per heavy atom. The lowest BCUT2D eigenvalue weighted by atomic mass is 9.97. The van der Waals surface area contributed by atoms with Crippen molar-refractivity contribution < 1.29 is 4.42 Å². The van der Waals surface area contributed by atoms with E-state index in [9.17, 15) is 0 Å². The molecule has 3 heterocycles. The molecular weight excluding hydrogens is 949 g/mol. The first-order chi connectivity index (χ1) is 37.0. The normalized spacial score (nSPS) is 11.9. The number of rotatable bonds is 8. The van der Waals surface area contributed by atoms with Crippen molar-refractivity contribution in [3.8, 4) is 22.3 Å². The number of hydrogen-bond donors (Lipinski definition) is 0. The first kappa shape index (κ1) is 43.6. The fourth-order valence-corrected chi connectivity index (χ4v) is 13.7. The smallest absolute Gasteiger partial charge is 0.136 e. The van der Waals surface area contributed by atoms with Crippen LogP contribution < -0.4 is 9.80 Å². The summed E-state index contributed by atoms with van der Waals surface area (Å²) in [4.78, 5) is 4.94. The Morgan fingerprint density at radius 3 is 1.15 bits per heavy atom. The van der Waals surface area contributed by atoms with Gasteiger partial charge in [0.1, 0.15) is 11.2 Å². The maximum atomic E-state index is 6.95. The van der Waals surface area contributed by atoms with E-state index in [0.717, 1.165) is 66.2 Å². The Morgan fingerprint density at radius 1 is 0.307 bits per heavy atom. The second-order valence-corrected chi connectivity index (χ2v) is 22.0. The summed E-state index contributed by atoms with van der Waals surface area (Å²) in [6, 6.07) is 89.4. The van der Waals surface area contributed by atoms with Crippen LogP contribution in [0.5, 0.6) is 0 Å². The largest absolute Gasteiger partial charge is 0.456 e. The lowest BCUT2D eigenvalue weighted by Gasteiger charge is -2.29. The topological polar surface area (TPSA) is 19.6 Å². The Kier molecular flexibility index (Phi) is 10.1. The summed E-state index contributed by atoms with van der Waals surface area (Å²) in [5, 5.41) is 11.8. The van der Waals surface area contributed by atoms with Crippen LogP contribution in [0.4, 0.5) is 34.1 Å². The van der Waals surface area contributed by atoms with Gasteiger partial charge in [-0.25, -0.2) is 0 Å². The molecule has 12 aromatic carbocycles. The average Bonchev–Trinajstić information content (AvgIpc) is 4.14. The minimum absolute atomic E-state index is 0.868. The van der Waals surface area contributed by atoms with Crippen LogP contribution in [0.1, 0.15) is 11.1 Å². The van der Waals surface area contributed by atoms with Crippen LogP contribution in [0.2, 0.25) is 0 Å². The zero-order valence-electron chi connectivity index (χ0n) is 41.2. The molecule has 0 aliphatic heterocycles. The third-order valence-corrected chi connectivity index (χ3v) is 17.4.